The number of hydrazine groups is 1. The molecule has 19 heavy (non-hydrogen) atoms. The molecule has 1 aliphatic heterocycles. The van der Waals surface area contributed by atoms with Gasteiger partial charge in [0.05, 0.1) is 0 Å². The van der Waals surface area contributed by atoms with Crippen molar-refractivity contribution in [1.29, 1.82) is 0 Å². The summed E-state index contributed by atoms with van der Waals surface area (Å²) in [4.78, 5) is 11.9. The Morgan fingerprint density at radius 2 is 1.84 bits per heavy atom. The molecule has 2 rings (SSSR count). The lowest BCUT2D eigenvalue weighted by Gasteiger charge is -2.19. The van der Waals surface area contributed by atoms with Crippen LogP contribution >= 0.6 is 0 Å². The van der Waals surface area contributed by atoms with Crippen molar-refractivity contribution < 1.29 is 9.90 Å². The van der Waals surface area contributed by atoms with E-state index < -0.39 is 6.10 Å². The largest absolute Gasteiger partial charge is 0.378 e. The molecule has 1 aromatic rings. The van der Waals surface area contributed by atoms with Crippen molar-refractivity contribution in [3.05, 3.63) is 35.9 Å². The van der Waals surface area contributed by atoms with Crippen molar-refractivity contribution in [2.45, 2.75) is 32.0 Å². The maximum Gasteiger partial charge on any atom is 0.253 e. The molecule has 5 heteroatoms. The summed E-state index contributed by atoms with van der Waals surface area (Å²) in [7, 11) is 0. The van der Waals surface area contributed by atoms with Gasteiger partial charge in [0.1, 0.15) is 0 Å². The van der Waals surface area contributed by atoms with Crippen LogP contribution in [0.1, 0.15) is 25.5 Å². The number of amides is 1. The van der Waals surface area contributed by atoms with Gasteiger partial charge < -0.3 is 10.4 Å². The van der Waals surface area contributed by atoms with Crippen molar-refractivity contribution in [3.63, 3.8) is 0 Å². The monoisotopic (exact) mass is 263 g/mol. The van der Waals surface area contributed by atoms with Crippen LogP contribution in [0.2, 0.25) is 0 Å². The molecule has 0 spiro atoms. The SMILES string of the molecule is CC1NNC(C)C1CNC(=O)C(O)c1ccccc1. The zero-order chi connectivity index (χ0) is 13.8. The molecule has 0 saturated carbocycles. The summed E-state index contributed by atoms with van der Waals surface area (Å²) in [6.07, 6.45) is -1.10. The summed E-state index contributed by atoms with van der Waals surface area (Å²) in [6.45, 7) is 4.69. The highest BCUT2D eigenvalue weighted by atomic mass is 16.3. The molecule has 1 aliphatic rings. The first-order chi connectivity index (χ1) is 9.09. The van der Waals surface area contributed by atoms with E-state index in [0.717, 1.165) is 0 Å². The number of carbonyl (C=O) groups is 1. The number of hydrogen-bond donors (Lipinski definition) is 4. The number of carbonyl (C=O) groups excluding carboxylic acids is 1. The number of rotatable bonds is 4. The van der Waals surface area contributed by atoms with Gasteiger partial charge in [-0.2, -0.15) is 0 Å². The highest BCUT2D eigenvalue weighted by molar-refractivity contribution is 5.81. The Hall–Kier alpha value is -1.43. The lowest BCUT2D eigenvalue weighted by atomic mass is 9.96. The van der Waals surface area contributed by atoms with E-state index in [4.69, 9.17) is 0 Å². The summed E-state index contributed by atoms with van der Waals surface area (Å²) in [5.74, 6) is -0.0376. The fourth-order valence-corrected chi connectivity index (χ4v) is 2.37. The third-order valence-electron chi connectivity index (χ3n) is 3.70. The van der Waals surface area contributed by atoms with Gasteiger partial charge in [-0.1, -0.05) is 30.3 Å². The van der Waals surface area contributed by atoms with E-state index in [0.29, 0.717) is 30.1 Å². The number of aliphatic hydroxyl groups is 1. The van der Waals surface area contributed by atoms with E-state index in [1.54, 1.807) is 24.3 Å². The lowest BCUT2D eigenvalue weighted by molar-refractivity contribution is -0.129. The van der Waals surface area contributed by atoms with Gasteiger partial charge >= 0.3 is 0 Å². The Kier molecular flexibility index (Phi) is 4.52. The van der Waals surface area contributed by atoms with Crippen LogP contribution in [0.15, 0.2) is 30.3 Å². The molecule has 1 fully saturated rings. The third kappa shape index (κ3) is 3.32. The van der Waals surface area contributed by atoms with Crippen LogP contribution in [0.4, 0.5) is 0 Å². The van der Waals surface area contributed by atoms with Gasteiger partial charge in [0, 0.05) is 24.5 Å². The second-order valence-corrected chi connectivity index (χ2v) is 5.09. The molecular formula is C14H21N3O2. The normalized spacial score (nSPS) is 28.1. The highest BCUT2D eigenvalue weighted by Crippen LogP contribution is 2.15. The quantitative estimate of drug-likeness (QED) is 0.632. The smallest absolute Gasteiger partial charge is 0.253 e. The van der Waals surface area contributed by atoms with Crippen molar-refractivity contribution in [3.8, 4) is 0 Å². The molecule has 5 nitrogen and oxygen atoms in total. The van der Waals surface area contributed by atoms with Gasteiger partial charge in [0.25, 0.3) is 5.91 Å². The Morgan fingerprint density at radius 1 is 1.26 bits per heavy atom. The molecule has 1 aromatic carbocycles. The van der Waals surface area contributed by atoms with Crippen LogP contribution in [-0.2, 0) is 4.79 Å². The van der Waals surface area contributed by atoms with Gasteiger partial charge in [-0.15, -0.1) is 0 Å². The van der Waals surface area contributed by atoms with Crippen molar-refractivity contribution in [2.75, 3.05) is 6.54 Å². The first kappa shape index (κ1) is 14.0. The van der Waals surface area contributed by atoms with Crippen molar-refractivity contribution in [2.24, 2.45) is 5.92 Å². The predicted octanol–water partition coefficient (Wildman–Crippen LogP) is 0.337. The van der Waals surface area contributed by atoms with Crippen LogP contribution < -0.4 is 16.2 Å². The molecule has 1 amide bonds. The number of nitrogens with one attached hydrogen (secondary N) is 3. The minimum absolute atomic E-state index is 0.296. The first-order valence-electron chi connectivity index (χ1n) is 6.61. The van der Waals surface area contributed by atoms with E-state index in [1.165, 1.54) is 0 Å². The van der Waals surface area contributed by atoms with Crippen LogP contribution in [0.3, 0.4) is 0 Å². The van der Waals surface area contributed by atoms with Gasteiger partial charge in [0.15, 0.2) is 6.10 Å². The molecule has 1 saturated heterocycles. The summed E-state index contributed by atoms with van der Waals surface area (Å²) >= 11 is 0. The van der Waals surface area contributed by atoms with E-state index in [1.807, 2.05) is 6.07 Å². The molecule has 0 bridgehead atoms. The van der Waals surface area contributed by atoms with Crippen molar-refractivity contribution >= 4 is 5.91 Å². The molecule has 0 aromatic heterocycles. The number of aliphatic hydroxyl groups excluding tert-OH is 1. The predicted molar refractivity (Wildman–Crippen MR) is 73.1 cm³/mol. The molecule has 4 N–H and O–H groups in total. The minimum atomic E-state index is -1.10. The van der Waals surface area contributed by atoms with E-state index in [-0.39, 0.29) is 5.91 Å². The Bertz CT molecular complexity index is 414. The number of benzene rings is 1. The van der Waals surface area contributed by atoms with Crippen LogP contribution in [0.5, 0.6) is 0 Å². The highest BCUT2D eigenvalue weighted by Gasteiger charge is 2.30. The molecule has 0 radical (unpaired) electrons. The molecule has 3 atom stereocenters. The van der Waals surface area contributed by atoms with Gasteiger partial charge in [0.2, 0.25) is 0 Å². The Balaban J connectivity index is 1.88. The average molecular weight is 263 g/mol. The zero-order valence-electron chi connectivity index (χ0n) is 11.3. The summed E-state index contributed by atoms with van der Waals surface area (Å²) in [5, 5.41) is 12.8. The van der Waals surface area contributed by atoms with Crippen LogP contribution in [0, 0.1) is 5.92 Å². The second kappa shape index (κ2) is 6.14. The van der Waals surface area contributed by atoms with Crippen LogP contribution in [0.25, 0.3) is 0 Å². The van der Waals surface area contributed by atoms with E-state index >= 15 is 0 Å². The van der Waals surface area contributed by atoms with Gasteiger partial charge in [-0.3, -0.25) is 15.6 Å². The Labute approximate surface area is 113 Å². The fourth-order valence-electron chi connectivity index (χ4n) is 2.37. The zero-order valence-corrected chi connectivity index (χ0v) is 11.3. The molecule has 1 heterocycles. The van der Waals surface area contributed by atoms with E-state index in [9.17, 15) is 9.90 Å². The van der Waals surface area contributed by atoms with Crippen LogP contribution in [-0.4, -0.2) is 29.6 Å². The maximum absolute atomic E-state index is 11.9. The minimum Gasteiger partial charge on any atom is -0.378 e. The molecule has 104 valence electrons. The molecular weight excluding hydrogens is 242 g/mol. The van der Waals surface area contributed by atoms with Crippen molar-refractivity contribution in [1.82, 2.24) is 16.2 Å². The number of hydrogen-bond acceptors (Lipinski definition) is 4. The maximum atomic E-state index is 11.9. The fraction of sp³-hybridized carbons (Fsp3) is 0.500. The summed E-state index contributed by atoms with van der Waals surface area (Å²) in [6, 6.07) is 9.55. The Morgan fingerprint density at radius 3 is 2.42 bits per heavy atom. The van der Waals surface area contributed by atoms with E-state index in [2.05, 4.69) is 30.0 Å². The standard InChI is InChI=1S/C14H21N3O2/c1-9-12(10(2)17-16-9)8-15-14(19)13(18)11-6-4-3-5-7-11/h3-7,9-10,12-13,16-18H,8H2,1-2H3,(H,15,19). The summed E-state index contributed by atoms with van der Waals surface area (Å²) in [5.41, 5.74) is 6.89. The molecule has 3 unspecified atom stereocenters. The van der Waals surface area contributed by atoms with Gasteiger partial charge in [-0.05, 0) is 19.4 Å². The average Bonchev–Trinajstić information content (AvgIpc) is 2.75. The first-order valence-corrected chi connectivity index (χ1v) is 6.61. The third-order valence-corrected chi connectivity index (χ3v) is 3.70. The topological polar surface area (TPSA) is 73.4 Å². The van der Waals surface area contributed by atoms with Gasteiger partial charge in [-0.25, -0.2) is 0 Å². The molecule has 0 aliphatic carbocycles. The lowest BCUT2D eigenvalue weighted by Crippen LogP contribution is -2.39. The second-order valence-electron chi connectivity index (χ2n) is 5.09. The summed E-state index contributed by atoms with van der Waals surface area (Å²) < 4.78 is 0.